The van der Waals surface area contributed by atoms with E-state index in [1.165, 1.54) is 65.8 Å². The van der Waals surface area contributed by atoms with Crippen LogP contribution in [-0.4, -0.2) is 9.13 Å². The van der Waals surface area contributed by atoms with E-state index >= 15 is 0 Å². The van der Waals surface area contributed by atoms with E-state index in [0.29, 0.717) is 0 Å². The Morgan fingerprint density at radius 3 is 1.36 bits per heavy atom. The molecule has 8 aromatic rings. The van der Waals surface area contributed by atoms with Crippen LogP contribution in [0.3, 0.4) is 0 Å². The number of aromatic nitrogens is 2. The zero-order chi connectivity index (χ0) is 23.6. The van der Waals surface area contributed by atoms with Crippen LogP contribution in [0, 0.1) is 0 Å². The molecule has 0 saturated heterocycles. The van der Waals surface area contributed by atoms with E-state index in [-0.39, 0.29) is 0 Å². The Labute approximate surface area is 208 Å². The fourth-order valence-electron chi connectivity index (χ4n) is 5.97. The Kier molecular flexibility index (Phi) is 3.97. The summed E-state index contributed by atoms with van der Waals surface area (Å²) < 4.78 is 4.76. The molecule has 0 radical (unpaired) electrons. The van der Waals surface area contributed by atoms with Crippen molar-refractivity contribution in [2.75, 3.05) is 0 Å². The first-order chi connectivity index (χ1) is 17.9. The molecule has 0 spiro atoms. The monoisotopic (exact) mass is 458 g/mol. The molecule has 0 bridgehead atoms. The van der Waals surface area contributed by atoms with Gasteiger partial charge in [0.05, 0.1) is 22.1 Å². The number of hydrogen-bond donors (Lipinski definition) is 0. The predicted molar refractivity (Wildman–Crippen MR) is 153 cm³/mol. The van der Waals surface area contributed by atoms with Crippen molar-refractivity contribution in [1.29, 1.82) is 0 Å². The maximum absolute atomic E-state index is 2.40. The third-order valence-corrected chi connectivity index (χ3v) is 7.51. The fraction of sp³-hybridized carbons (Fsp3) is 0. The van der Waals surface area contributed by atoms with Gasteiger partial charge in [-0.05, 0) is 59.3 Å². The standard InChI is InChI=1S/C34H22N2/c1-2-10-26-23(9-1)17-22-33-34(26)29-13-5-8-16-32(29)36(33)25-20-18-24(19-21-25)35-30-14-6-3-11-27(30)28-12-4-7-15-31(28)35/h1-22H. The molecule has 0 fully saturated rings. The summed E-state index contributed by atoms with van der Waals surface area (Å²) in [5, 5.41) is 7.74. The highest BCUT2D eigenvalue weighted by molar-refractivity contribution is 6.21. The van der Waals surface area contributed by atoms with Gasteiger partial charge in [-0.3, -0.25) is 0 Å². The lowest BCUT2D eigenvalue weighted by molar-refractivity contribution is 1.14. The molecule has 0 aliphatic rings. The highest BCUT2D eigenvalue weighted by atomic mass is 15.0. The number of rotatable bonds is 2. The van der Waals surface area contributed by atoms with Gasteiger partial charge in [-0.2, -0.15) is 0 Å². The summed E-state index contributed by atoms with van der Waals surface area (Å²) in [5.74, 6) is 0. The van der Waals surface area contributed by atoms with Crippen molar-refractivity contribution < 1.29 is 0 Å². The molecule has 6 aromatic carbocycles. The molecule has 2 heteroatoms. The molecule has 0 N–H and O–H groups in total. The van der Waals surface area contributed by atoms with Gasteiger partial charge in [-0.1, -0.05) is 84.9 Å². The lowest BCUT2D eigenvalue weighted by atomic mass is 10.0. The fourth-order valence-corrected chi connectivity index (χ4v) is 5.97. The Morgan fingerprint density at radius 2 is 0.750 bits per heavy atom. The lowest BCUT2D eigenvalue weighted by Crippen LogP contribution is -1.97. The number of fused-ring (bicyclic) bond motifs is 8. The molecule has 2 heterocycles. The molecule has 0 aliphatic heterocycles. The van der Waals surface area contributed by atoms with Gasteiger partial charge in [0.15, 0.2) is 0 Å². The average molecular weight is 459 g/mol. The maximum Gasteiger partial charge on any atom is 0.0547 e. The zero-order valence-corrected chi connectivity index (χ0v) is 19.6. The van der Waals surface area contributed by atoms with Crippen molar-refractivity contribution in [3.8, 4) is 11.4 Å². The lowest BCUT2D eigenvalue weighted by Gasteiger charge is -2.12. The Balaban J connectivity index is 1.38. The van der Waals surface area contributed by atoms with Crippen molar-refractivity contribution >= 4 is 54.4 Å². The summed E-state index contributed by atoms with van der Waals surface area (Å²) in [6.45, 7) is 0. The van der Waals surface area contributed by atoms with Gasteiger partial charge in [0, 0.05) is 32.9 Å². The van der Waals surface area contributed by atoms with E-state index in [9.17, 15) is 0 Å². The maximum atomic E-state index is 2.40. The van der Waals surface area contributed by atoms with Crippen LogP contribution in [0.5, 0.6) is 0 Å². The molecule has 0 saturated carbocycles. The van der Waals surface area contributed by atoms with Crippen LogP contribution in [0.4, 0.5) is 0 Å². The van der Waals surface area contributed by atoms with Crippen LogP contribution >= 0.6 is 0 Å². The minimum absolute atomic E-state index is 1.17. The number of benzene rings is 6. The van der Waals surface area contributed by atoms with Crippen molar-refractivity contribution in [2.45, 2.75) is 0 Å². The topological polar surface area (TPSA) is 9.86 Å². The molecular weight excluding hydrogens is 436 g/mol. The summed E-state index contributed by atoms with van der Waals surface area (Å²) in [7, 11) is 0. The predicted octanol–water partition coefficient (Wildman–Crippen LogP) is 9.03. The normalized spacial score (nSPS) is 11.9. The first-order valence-corrected chi connectivity index (χ1v) is 12.4. The van der Waals surface area contributed by atoms with E-state index in [0.717, 1.165) is 0 Å². The molecule has 0 unspecified atom stereocenters. The van der Waals surface area contributed by atoms with Crippen LogP contribution in [0.15, 0.2) is 133 Å². The van der Waals surface area contributed by atoms with E-state index in [1.54, 1.807) is 0 Å². The molecule has 2 aromatic heterocycles. The van der Waals surface area contributed by atoms with Gasteiger partial charge in [-0.25, -0.2) is 0 Å². The van der Waals surface area contributed by atoms with Crippen LogP contribution in [0.1, 0.15) is 0 Å². The van der Waals surface area contributed by atoms with Gasteiger partial charge < -0.3 is 9.13 Å². The quantitative estimate of drug-likeness (QED) is 0.244. The number of hydrogen-bond acceptors (Lipinski definition) is 0. The summed E-state index contributed by atoms with van der Waals surface area (Å²) in [6.07, 6.45) is 0. The minimum Gasteiger partial charge on any atom is -0.309 e. The van der Waals surface area contributed by atoms with Gasteiger partial charge in [0.25, 0.3) is 0 Å². The second kappa shape index (κ2) is 7.34. The first kappa shape index (κ1) is 19.5. The molecule has 36 heavy (non-hydrogen) atoms. The van der Waals surface area contributed by atoms with E-state index in [1.807, 2.05) is 0 Å². The van der Waals surface area contributed by atoms with Crippen molar-refractivity contribution in [2.24, 2.45) is 0 Å². The van der Waals surface area contributed by atoms with Crippen molar-refractivity contribution in [1.82, 2.24) is 9.13 Å². The number of para-hydroxylation sites is 3. The van der Waals surface area contributed by atoms with Crippen LogP contribution in [0.25, 0.3) is 65.8 Å². The molecule has 2 nitrogen and oxygen atoms in total. The van der Waals surface area contributed by atoms with Gasteiger partial charge in [0.1, 0.15) is 0 Å². The van der Waals surface area contributed by atoms with Crippen LogP contribution in [0.2, 0.25) is 0 Å². The molecular formula is C34H22N2. The van der Waals surface area contributed by atoms with Crippen molar-refractivity contribution in [3.05, 3.63) is 133 Å². The largest absolute Gasteiger partial charge is 0.309 e. The summed E-state index contributed by atoms with van der Waals surface area (Å²) in [6, 6.07) is 48.2. The minimum atomic E-state index is 1.17. The second-order valence-corrected chi connectivity index (χ2v) is 9.42. The number of nitrogens with zero attached hydrogens (tertiary/aromatic N) is 2. The van der Waals surface area contributed by atoms with E-state index in [4.69, 9.17) is 0 Å². The summed E-state index contributed by atoms with van der Waals surface area (Å²) in [4.78, 5) is 0. The molecule has 0 amide bonds. The van der Waals surface area contributed by atoms with Crippen LogP contribution < -0.4 is 0 Å². The smallest absolute Gasteiger partial charge is 0.0547 e. The highest BCUT2D eigenvalue weighted by Crippen LogP contribution is 2.37. The Hall–Kier alpha value is -4.82. The third kappa shape index (κ3) is 2.61. The molecule has 168 valence electrons. The van der Waals surface area contributed by atoms with Gasteiger partial charge >= 0.3 is 0 Å². The van der Waals surface area contributed by atoms with Crippen molar-refractivity contribution in [3.63, 3.8) is 0 Å². The summed E-state index contributed by atoms with van der Waals surface area (Å²) >= 11 is 0. The first-order valence-electron chi connectivity index (χ1n) is 12.4. The van der Waals surface area contributed by atoms with Gasteiger partial charge in [0.2, 0.25) is 0 Å². The Morgan fingerprint density at radius 1 is 0.306 bits per heavy atom. The van der Waals surface area contributed by atoms with Gasteiger partial charge in [-0.15, -0.1) is 0 Å². The SMILES string of the molecule is c1ccc2c(c1)ccc1c2c2ccccc2n1-c1ccc(-n2c3ccccc3c3ccccc32)cc1. The molecule has 0 atom stereocenters. The molecule has 0 aliphatic carbocycles. The third-order valence-electron chi connectivity index (χ3n) is 7.51. The summed E-state index contributed by atoms with van der Waals surface area (Å²) in [5.41, 5.74) is 7.26. The average Bonchev–Trinajstić information content (AvgIpc) is 3.47. The second-order valence-electron chi connectivity index (χ2n) is 9.42. The van der Waals surface area contributed by atoms with E-state index in [2.05, 4.69) is 143 Å². The zero-order valence-electron chi connectivity index (χ0n) is 19.6. The Bertz CT molecular complexity index is 2040. The highest BCUT2D eigenvalue weighted by Gasteiger charge is 2.15. The van der Waals surface area contributed by atoms with Crippen LogP contribution in [-0.2, 0) is 0 Å². The molecule has 8 rings (SSSR count). The van der Waals surface area contributed by atoms with E-state index < -0.39 is 0 Å².